The average molecular weight is 162 g/mol. The van der Waals surface area contributed by atoms with E-state index in [2.05, 4.69) is 0 Å². The predicted octanol–water partition coefficient (Wildman–Crippen LogP) is 1.97. The smallest absolute Gasteiger partial charge is 0.273 e. The van der Waals surface area contributed by atoms with Gasteiger partial charge in [-0.1, -0.05) is 12.2 Å². The van der Waals surface area contributed by atoms with Gasteiger partial charge in [0.15, 0.2) is 0 Å². The van der Waals surface area contributed by atoms with Gasteiger partial charge in [-0.3, -0.25) is 0 Å². The third kappa shape index (κ3) is 1.99. The van der Waals surface area contributed by atoms with Crippen molar-refractivity contribution < 1.29 is 13.9 Å². The molecule has 0 fully saturated rings. The third-order valence-electron chi connectivity index (χ3n) is 2.08. The maximum atomic E-state index is 12.8. The summed E-state index contributed by atoms with van der Waals surface area (Å²) in [5.41, 5.74) is 0. The molecule has 0 radical (unpaired) electrons. The zero-order valence-electron chi connectivity index (χ0n) is 6.26. The Kier molecular flexibility index (Phi) is 2.60. The van der Waals surface area contributed by atoms with Gasteiger partial charge in [-0.2, -0.15) is 0 Å². The van der Waals surface area contributed by atoms with Gasteiger partial charge in [-0.15, -0.1) is 0 Å². The minimum atomic E-state index is -2.88. The molecule has 0 aromatic rings. The fourth-order valence-corrected chi connectivity index (χ4v) is 1.31. The molecule has 1 N–H and O–H groups in total. The fraction of sp³-hybridized carbons (Fsp3) is 0.750. The molecule has 1 aliphatic rings. The first kappa shape index (κ1) is 8.65. The van der Waals surface area contributed by atoms with Crippen molar-refractivity contribution in [2.24, 2.45) is 5.92 Å². The molecule has 0 aromatic heterocycles. The number of hydrogen-bond donors (Lipinski definition) is 1. The Balaban J connectivity index is 2.52. The van der Waals surface area contributed by atoms with Crippen LogP contribution in [0.2, 0.25) is 0 Å². The van der Waals surface area contributed by atoms with Crippen molar-refractivity contribution in [1.82, 2.24) is 0 Å². The lowest BCUT2D eigenvalue weighted by molar-refractivity contribution is -0.0996. The number of halogens is 2. The van der Waals surface area contributed by atoms with Crippen molar-refractivity contribution in [2.75, 3.05) is 6.61 Å². The molecule has 1 rings (SSSR count). The van der Waals surface area contributed by atoms with Crippen LogP contribution in [0, 0.1) is 5.92 Å². The summed E-state index contributed by atoms with van der Waals surface area (Å²) < 4.78 is 25.5. The summed E-state index contributed by atoms with van der Waals surface area (Å²) >= 11 is 0. The predicted molar refractivity (Wildman–Crippen MR) is 38.5 cm³/mol. The summed E-state index contributed by atoms with van der Waals surface area (Å²) in [4.78, 5) is 0. The van der Waals surface area contributed by atoms with Crippen LogP contribution in [0.1, 0.15) is 19.3 Å². The summed E-state index contributed by atoms with van der Waals surface area (Å²) in [6, 6.07) is 0. The van der Waals surface area contributed by atoms with E-state index in [1.54, 1.807) is 6.08 Å². The van der Waals surface area contributed by atoms with Gasteiger partial charge >= 0.3 is 0 Å². The van der Waals surface area contributed by atoms with Crippen LogP contribution in [-0.4, -0.2) is 17.6 Å². The standard InChI is InChI=1S/C8H12F2O/c9-8(10,6-11)7-4-2-1-3-5-7/h1-2,7,11H,3-6H2. The lowest BCUT2D eigenvalue weighted by atomic mass is 9.89. The number of rotatable bonds is 2. The Hall–Kier alpha value is -0.440. The summed E-state index contributed by atoms with van der Waals surface area (Å²) in [6.07, 6.45) is 5.26. The van der Waals surface area contributed by atoms with E-state index in [-0.39, 0.29) is 0 Å². The normalized spacial score (nSPS) is 25.5. The second-order valence-electron chi connectivity index (χ2n) is 2.90. The SMILES string of the molecule is OCC(F)(F)C1CC=CCC1. The second kappa shape index (κ2) is 3.30. The number of aliphatic hydroxyl groups excluding tert-OH is 1. The van der Waals surface area contributed by atoms with E-state index in [0.29, 0.717) is 19.3 Å². The molecule has 1 atom stereocenters. The van der Waals surface area contributed by atoms with Crippen LogP contribution in [0.3, 0.4) is 0 Å². The zero-order chi connectivity index (χ0) is 8.32. The number of aliphatic hydroxyl groups is 1. The van der Waals surface area contributed by atoms with E-state index in [0.717, 1.165) is 0 Å². The van der Waals surface area contributed by atoms with E-state index < -0.39 is 18.4 Å². The first-order chi connectivity index (χ1) is 5.17. The first-order valence-electron chi connectivity index (χ1n) is 3.80. The summed E-state index contributed by atoms with van der Waals surface area (Å²) in [7, 11) is 0. The van der Waals surface area contributed by atoms with E-state index in [4.69, 9.17) is 5.11 Å². The molecule has 3 heteroatoms. The van der Waals surface area contributed by atoms with Crippen molar-refractivity contribution >= 4 is 0 Å². The maximum Gasteiger partial charge on any atom is 0.273 e. The van der Waals surface area contributed by atoms with Crippen LogP contribution >= 0.6 is 0 Å². The molecule has 0 aliphatic heterocycles. The first-order valence-corrected chi connectivity index (χ1v) is 3.80. The Bertz CT molecular complexity index is 154. The van der Waals surface area contributed by atoms with Gasteiger partial charge < -0.3 is 5.11 Å². The highest BCUT2D eigenvalue weighted by Crippen LogP contribution is 2.33. The van der Waals surface area contributed by atoms with Crippen molar-refractivity contribution in [3.05, 3.63) is 12.2 Å². The van der Waals surface area contributed by atoms with Crippen molar-refractivity contribution in [2.45, 2.75) is 25.2 Å². The number of hydrogen-bond acceptors (Lipinski definition) is 1. The highest BCUT2D eigenvalue weighted by molar-refractivity contribution is 4.94. The number of alkyl halides is 2. The van der Waals surface area contributed by atoms with Crippen LogP contribution in [0.15, 0.2) is 12.2 Å². The van der Waals surface area contributed by atoms with E-state index in [1.165, 1.54) is 0 Å². The van der Waals surface area contributed by atoms with E-state index in [9.17, 15) is 8.78 Å². The van der Waals surface area contributed by atoms with Crippen molar-refractivity contribution in [3.8, 4) is 0 Å². The molecule has 11 heavy (non-hydrogen) atoms. The molecule has 0 saturated carbocycles. The largest absolute Gasteiger partial charge is 0.390 e. The van der Waals surface area contributed by atoms with Gasteiger partial charge in [-0.25, -0.2) is 8.78 Å². The van der Waals surface area contributed by atoms with E-state index >= 15 is 0 Å². The van der Waals surface area contributed by atoms with Gasteiger partial charge in [-0.05, 0) is 19.3 Å². The molecule has 1 nitrogen and oxygen atoms in total. The van der Waals surface area contributed by atoms with Gasteiger partial charge in [0.1, 0.15) is 6.61 Å². The van der Waals surface area contributed by atoms with Gasteiger partial charge in [0.05, 0.1) is 0 Å². The molecule has 1 aliphatic carbocycles. The molecule has 0 saturated heterocycles. The summed E-state index contributed by atoms with van der Waals surface area (Å²) in [5, 5.41) is 8.37. The summed E-state index contributed by atoms with van der Waals surface area (Å²) in [5.74, 6) is -3.54. The third-order valence-corrected chi connectivity index (χ3v) is 2.08. The molecular formula is C8H12F2O. The molecule has 0 heterocycles. The second-order valence-corrected chi connectivity index (χ2v) is 2.90. The van der Waals surface area contributed by atoms with Gasteiger partial charge in [0.2, 0.25) is 0 Å². The van der Waals surface area contributed by atoms with Crippen molar-refractivity contribution in [3.63, 3.8) is 0 Å². The maximum absolute atomic E-state index is 12.8. The van der Waals surface area contributed by atoms with Crippen LogP contribution in [-0.2, 0) is 0 Å². The Morgan fingerprint density at radius 3 is 2.64 bits per heavy atom. The minimum Gasteiger partial charge on any atom is -0.390 e. The minimum absolute atomic E-state index is 0.396. The lowest BCUT2D eigenvalue weighted by Crippen LogP contribution is -2.32. The molecule has 0 amide bonds. The Labute approximate surface area is 64.7 Å². The summed E-state index contributed by atoms with van der Waals surface area (Å²) in [6.45, 7) is -1.02. The molecule has 0 aromatic carbocycles. The van der Waals surface area contributed by atoms with Crippen LogP contribution in [0.25, 0.3) is 0 Å². The Morgan fingerprint density at radius 1 is 1.45 bits per heavy atom. The number of allylic oxidation sites excluding steroid dienone is 2. The molecule has 0 spiro atoms. The van der Waals surface area contributed by atoms with Gasteiger partial charge in [0.25, 0.3) is 5.92 Å². The van der Waals surface area contributed by atoms with E-state index in [1.807, 2.05) is 6.08 Å². The van der Waals surface area contributed by atoms with Gasteiger partial charge in [0, 0.05) is 5.92 Å². The van der Waals surface area contributed by atoms with Crippen LogP contribution in [0.4, 0.5) is 8.78 Å². The highest BCUT2D eigenvalue weighted by atomic mass is 19.3. The van der Waals surface area contributed by atoms with Crippen LogP contribution < -0.4 is 0 Å². The topological polar surface area (TPSA) is 20.2 Å². The Morgan fingerprint density at radius 2 is 2.18 bits per heavy atom. The highest BCUT2D eigenvalue weighted by Gasteiger charge is 2.37. The monoisotopic (exact) mass is 162 g/mol. The average Bonchev–Trinajstić information content (AvgIpc) is 2.06. The fourth-order valence-electron chi connectivity index (χ4n) is 1.31. The van der Waals surface area contributed by atoms with Crippen LogP contribution in [0.5, 0.6) is 0 Å². The van der Waals surface area contributed by atoms with Crippen molar-refractivity contribution in [1.29, 1.82) is 0 Å². The molecule has 1 unspecified atom stereocenters. The zero-order valence-corrected chi connectivity index (χ0v) is 6.26. The lowest BCUT2D eigenvalue weighted by Gasteiger charge is -2.25. The molecular weight excluding hydrogens is 150 g/mol. The quantitative estimate of drug-likeness (QED) is 0.615. The molecule has 64 valence electrons. The molecule has 0 bridgehead atoms.